The maximum Gasteiger partial charge on any atom is 0.435 e. The molecule has 0 fully saturated rings. The molecular formula is C17H9F5N4O2. The van der Waals surface area contributed by atoms with E-state index >= 15 is 0 Å². The molecule has 0 aliphatic heterocycles. The highest BCUT2D eigenvalue weighted by atomic mass is 19.4. The molecule has 2 aromatic heterocycles. The lowest BCUT2D eigenvalue weighted by molar-refractivity contribution is -0.141. The predicted molar refractivity (Wildman–Crippen MR) is 85.7 cm³/mol. The van der Waals surface area contributed by atoms with Gasteiger partial charge in [0.2, 0.25) is 0 Å². The lowest BCUT2D eigenvalue weighted by atomic mass is 10.2. The molecule has 1 amide bonds. The minimum Gasteiger partial charge on any atom is -0.434 e. The Bertz CT molecular complexity index is 1010. The molecule has 3 rings (SSSR count). The van der Waals surface area contributed by atoms with Crippen LogP contribution in [-0.4, -0.2) is 21.1 Å². The van der Waals surface area contributed by atoms with Crippen LogP contribution in [0.25, 0.3) is 0 Å². The molecule has 0 aliphatic carbocycles. The van der Waals surface area contributed by atoms with E-state index in [9.17, 15) is 26.7 Å². The van der Waals surface area contributed by atoms with E-state index in [0.29, 0.717) is 12.1 Å². The largest absolute Gasteiger partial charge is 0.435 e. The minimum absolute atomic E-state index is 0.191. The van der Waals surface area contributed by atoms with E-state index in [0.717, 1.165) is 12.1 Å². The van der Waals surface area contributed by atoms with Crippen LogP contribution in [0.15, 0.2) is 48.8 Å². The lowest BCUT2D eigenvalue weighted by Crippen LogP contribution is -2.18. The number of anilines is 1. The molecule has 0 saturated carbocycles. The number of halogens is 5. The number of ether oxygens (including phenoxy) is 1. The molecule has 11 heteroatoms. The molecule has 144 valence electrons. The number of aromatic nitrogens is 3. The zero-order valence-electron chi connectivity index (χ0n) is 13.7. The molecule has 2 heterocycles. The van der Waals surface area contributed by atoms with Crippen molar-refractivity contribution in [3.05, 3.63) is 71.7 Å². The molecule has 1 N–H and O–H groups in total. The van der Waals surface area contributed by atoms with Crippen molar-refractivity contribution in [3.8, 4) is 11.6 Å². The van der Waals surface area contributed by atoms with Gasteiger partial charge in [-0.1, -0.05) is 0 Å². The van der Waals surface area contributed by atoms with Crippen molar-refractivity contribution in [2.24, 2.45) is 0 Å². The van der Waals surface area contributed by atoms with E-state index in [1.54, 1.807) is 0 Å². The van der Waals surface area contributed by atoms with Gasteiger partial charge in [-0.3, -0.25) is 9.78 Å². The van der Waals surface area contributed by atoms with E-state index in [1.165, 1.54) is 24.5 Å². The Kier molecular flexibility index (Phi) is 5.16. The summed E-state index contributed by atoms with van der Waals surface area (Å²) < 4.78 is 70.7. The highest BCUT2D eigenvalue weighted by Gasteiger charge is 2.35. The number of alkyl halides is 3. The summed E-state index contributed by atoms with van der Waals surface area (Å²) in [5, 5.41) is 8.51. The summed E-state index contributed by atoms with van der Waals surface area (Å²) in [6.07, 6.45) is -2.19. The van der Waals surface area contributed by atoms with Crippen molar-refractivity contribution in [1.29, 1.82) is 0 Å². The Morgan fingerprint density at radius 1 is 1.07 bits per heavy atom. The van der Waals surface area contributed by atoms with Crippen LogP contribution in [0.3, 0.4) is 0 Å². The van der Waals surface area contributed by atoms with E-state index in [2.05, 4.69) is 20.5 Å². The second kappa shape index (κ2) is 7.55. The van der Waals surface area contributed by atoms with Crippen LogP contribution in [0, 0.1) is 11.6 Å². The minimum atomic E-state index is -4.88. The Hall–Kier alpha value is -3.63. The molecule has 6 nitrogen and oxygen atoms in total. The van der Waals surface area contributed by atoms with Gasteiger partial charge in [-0.05, 0) is 30.3 Å². The zero-order valence-corrected chi connectivity index (χ0v) is 13.7. The fourth-order valence-corrected chi connectivity index (χ4v) is 2.05. The summed E-state index contributed by atoms with van der Waals surface area (Å²) in [6, 6.07) is 5.62. The number of pyridine rings is 1. The number of hydrogen-bond donors (Lipinski definition) is 1. The van der Waals surface area contributed by atoms with E-state index < -0.39 is 46.6 Å². The number of rotatable bonds is 4. The molecule has 1 aromatic carbocycles. The van der Waals surface area contributed by atoms with Gasteiger partial charge in [-0.2, -0.15) is 13.2 Å². The van der Waals surface area contributed by atoms with Gasteiger partial charge in [0, 0.05) is 12.3 Å². The number of amides is 1. The van der Waals surface area contributed by atoms with Gasteiger partial charge in [0.15, 0.2) is 17.3 Å². The summed E-state index contributed by atoms with van der Waals surface area (Å²) in [7, 11) is 0. The smallest absolute Gasteiger partial charge is 0.434 e. The van der Waals surface area contributed by atoms with Gasteiger partial charge in [-0.25, -0.2) is 8.78 Å². The fourth-order valence-electron chi connectivity index (χ4n) is 2.05. The Morgan fingerprint density at radius 3 is 2.50 bits per heavy atom. The highest BCUT2D eigenvalue weighted by Crippen LogP contribution is 2.32. The Balaban J connectivity index is 2.00. The van der Waals surface area contributed by atoms with Crippen LogP contribution >= 0.6 is 0 Å². The molecule has 0 saturated heterocycles. The molecule has 0 bridgehead atoms. The Labute approximate surface area is 154 Å². The van der Waals surface area contributed by atoms with Crippen LogP contribution in [-0.2, 0) is 6.18 Å². The van der Waals surface area contributed by atoms with Crippen molar-refractivity contribution in [2.75, 3.05) is 5.32 Å². The number of hydrogen-bond acceptors (Lipinski definition) is 5. The van der Waals surface area contributed by atoms with Crippen LogP contribution in [0.5, 0.6) is 11.6 Å². The number of carbonyl (C=O) groups excluding carboxylic acids is 1. The molecule has 0 radical (unpaired) electrons. The van der Waals surface area contributed by atoms with E-state index in [4.69, 9.17) is 4.74 Å². The third-order valence-corrected chi connectivity index (χ3v) is 3.32. The van der Waals surface area contributed by atoms with Crippen LogP contribution in [0.4, 0.5) is 27.6 Å². The molecule has 0 atom stereocenters. The predicted octanol–water partition coefficient (Wildman–Crippen LogP) is 4.21. The van der Waals surface area contributed by atoms with Crippen LogP contribution < -0.4 is 10.1 Å². The first-order valence-corrected chi connectivity index (χ1v) is 7.53. The summed E-state index contributed by atoms with van der Waals surface area (Å²) in [6.45, 7) is 0. The number of nitrogens with zero attached hydrogens (tertiary/aromatic N) is 3. The van der Waals surface area contributed by atoms with Gasteiger partial charge in [0.25, 0.3) is 11.8 Å². The van der Waals surface area contributed by atoms with Crippen molar-refractivity contribution < 1.29 is 31.5 Å². The fraction of sp³-hybridized carbons (Fsp3) is 0.0588. The highest BCUT2D eigenvalue weighted by molar-refractivity contribution is 6.05. The van der Waals surface area contributed by atoms with Gasteiger partial charge in [0.1, 0.15) is 11.4 Å². The average Bonchev–Trinajstić information content (AvgIpc) is 2.64. The number of nitrogens with one attached hydrogen (secondary N) is 1. The first kappa shape index (κ1) is 19.1. The Morgan fingerprint density at radius 2 is 1.86 bits per heavy atom. The van der Waals surface area contributed by atoms with Gasteiger partial charge >= 0.3 is 6.18 Å². The third-order valence-electron chi connectivity index (χ3n) is 3.32. The third kappa shape index (κ3) is 4.37. The average molecular weight is 396 g/mol. The summed E-state index contributed by atoms with van der Waals surface area (Å²) in [5.74, 6) is -4.30. The molecule has 3 aromatic rings. The number of benzene rings is 1. The van der Waals surface area contributed by atoms with Crippen molar-refractivity contribution >= 4 is 11.6 Å². The molecule has 28 heavy (non-hydrogen) atoms. The van der Waals surface area contributed by atoms with Gasteiger partial charge in [-0.15, -0.1) is 10.2 Å². The van der Waals surface area contributed by atoms with Crippen LogP contribution in [0.1, 0.15) is 16.1 Å². The first-order chi connectivity index (χ1) is 13.2. The maximum atomic E-state index is 13.8. The maximum absolute atomic E-state index is 13.8. The second-order valence-corrected chi connectivity index (χ2v) is 5.32. The van der Waals surface area contributed by atoms with E-state index in [-0.39, 0.29) is 5.69 Å². The van der Waals surface area contributed by atoms with Crippen LogP contribution in [0.2, 0.25) is 0 Å². The monoisotopic (exact) mass is 396 g/mol. The summed E-state index contributed by atoms with van der Waals surface area (Å²) in [4.78, 5) is 16.2. The van der Waals surface area contributed by atoms with E-state index in [1.807, 2.05) is 0 Å². The molecule has 0 unspecified atom stereocenters. The van der Waals surface area contributed by atoms with Gasteiger partial charge in [0.05, 0.1) is 11.9 Å². The van der Waals surface area contributed by atoms with Crippen molar-refractivity contribution in [3.63, 3.8) is 0 Å². The normalized spacial score (nSPS) is 11.2. The molecule has 0 aliphatic rings. The second-order valence-electron chi connectivity index (χ2n) is 5.32. The standard InChI is InChI=1S/C17H9F5N4O2/c18-9-3-4-13(12(19)6-9)28-16-11(7-14(25-26-16)17(20,21)22)15(27)24-10-2-1-5-23-8-10/h1-8H,(H,24,27). The van der Waals surface area contributed by atoms with Gasteiger partial charge < -0.3 is 10.1 Å². The van der Waals surface area contributed by atoms with Crippen molar-refractivity contribution in [1.82, 2.24) is 15.2 Å². The van der Waals surface area contributed by atoms with Crippen molar-refractivity contribution in [2.45, 2.75) is 6.18 Å². The lowest BCUT2D eigenvalue weighted by Gasteiger charge is -2.12. The molecular weight excluding hydrogens is 387 g/mol. The first-order valence-electron chi connectivity index (χ1n) is 7.53. The topological polar surface area (TPSA) is 77.0 Å². The zero-order chi connectivity index (χ0) is 20.3. The SMILES string of the molecule is O=C(Nc1cccnc1)c1cc(C(F)(F)F)nnc1Oc1ccc(F)cc1F. The summed E-state index contributed by atoms with van der Waals surface area (Å²) >= 11 is 0. The molecule has 0 spiro atoms. The summed E-state index contributed by atoms with van der Waals surface area (Å²) in [5.41, 5.74) is -1.91. The number of carbonyl (C=O) groups is 1. The quantitative estimate of drug-likeness (QED) is 0.669.